The van der Waals surface area contributed by atoms with E-state index in [4.69, 9.17) is 26.4 Å². The normalized spacial score (nSPS) is 9.79. The molecule has 0 atom stereocenters. The average molecular weight is 220 g/mol. The molecule has 7 heteroatoms. The van der Waals surface area contributed by atoms with Crippen molar-refractivity contribution >= 4 is 18.9 Å². The number of methoxy groups -OCH3 is 1. The minimum atomic E-state index is -2.09. The van der Waals surface area contributed by atoms with Crippen LogP contribution in [0.3, 0.4) is 0 Å². The monoisotopic (exact) mass is 220 g/mol. The first kappa shape index (κ1) is 11.1. The lowest BCUT2D eigenvalue weighted by Gasteiger charge is -2.09. The molecule has 0 unspecified atom stereocenters. The van der Waals surface area contributed by atoms with Crippen LogP contribution in [0.2, 0.25) is 5.02 Å². The highest BCUT2D eigenvalue weighted by Crippen LogP contribution is 2.31. The first-order valence-corrected chi connectivity index (χ1v) is 3.98. The molecule has 0 saturated heterocycles. The third-order valence-electron chi connectivity index (χ3n) is 1.44. The SMILES string of the molecule is COc1cc(OB(O)O)c(F)cc1Cl. The second-order valence-corrected chi connectivity index (χ2v) is 2.77. The summed E-state index contributed by atoms with van der Waals surface area (Å²) < 4.78 is 22.2. The van der Waals surface area contributed by atoms with Crippen molar-refractivity contribution in [3.8, 4) is 11.5 Å². The van der Waals surface area contributed by atoms with Gasteiger partial charge in [0.25, 0.3) is 0 Å². The average Bonchev–Trinajstić information content (AvgIpc) is 2.09. The first-order chi connectivity index (χ1) is 6.54. The summed E-state index contributed by atoms with van der Waals surface area (Å²) in [5.74, 6) is -0.964. The van der Waals surface area contributed by atoms with Gasteiger partial charge in [0.2, 0.25) is 0 Å². The van der Waals surface area contributed by atoms with Crippen LogP contribution in [0.15, 0.2) is 12.1 Å². The van der Waals surface area contributed by atoms with Crippen LogP contribution in [0, 0.1) is 5.82 Å². The lowest BCUT2D eigenvalue weighted by molar-refractivity contribution is 0.281. The maximum Gasteiger partial charge on any atom is 0.707 e. The summed E-state index contributed by atoms with van der Waals surface area (Å²) in [6.45, 7) is 0. The third kappa shape index (κ3) is 2.51. The molecule has 0 radical (unpaired) electrons. The number of hydrogen-bond acceptors (Lipinski definition) is 4. The molecule has 1 aromatic rings. The second kappa shape index (κ2) is 4.50. The fourth-order valence-corrected chi connectivity index (χ4v) is 1.10. The number of halogens is 2. The third-order valence-corrected chi connectivity index (χ3v) is 1.73. The van der Waals surface area contributed by atoms with Crippen LogP contribution in [-0.4, -0.2) is 24.5 Å². The lowest BCUT2D eigenvalue weighted by atomic mass is 10.2. The van der Waals surface area contributed by atoms with E-state index in [2.05, 4.69) is 4.65 Å². The van der Waals surface area contributed by atoms with Gasteiger partial charge in [0.1, 0.15) is 11.5 Å². The van der Waals surface area contributed by atoms with Crippen molar-refractivity contribution in [1.82, 2.24) is 0 Å². The van der Waals surface area contributed by atoms with Crippen molar-refractivity contribution in [1.29, 1.82) is 0 Å². The highest BCUT2D eigenvalue weighted by molar-refractivity contribution is 6.34. The van der Waals surface area contributed by atoms with E-state index in [1.54, 1.807) is 0 Å². The predicted octanol–water partition coefficient (Wildman–Crippen LogP) is 0.836. The highest BCUT2D eigenvalue weighted by atomic mass is 35.5. The molecule has 1 rings (SSSR count). The van der Waals surface area contributed by atoms with Gasteiger partial charge in [-0.15, -0.1) is 0 Å². The molecule has 0 saturated carbocycles. The molecule has 1 aromatic carbocycles. The van der Waals surface area contributed by atoms with Crippen LogP contribution in [-0.2, 0) is 0 Å². The number of hydrogen-bond donors (Lipinski definition) is 2. The van der Waals surface area contributed by atoms with Gasteiger partial charge in [-0.2, -0.15) is 0 Å². The molecular weight excluding hydrogens is 213 g/mol. The Labute approximate surface area is 85.0 Å². The molecule has 0 fully saturated rings. The summed E-state index contributed by atoms with van der Waals surface area (Å²) in [5.41, 5.74) is 0. The van der Waals surface area contributed by atoms with Crippen LogP contribution in [0.1, 0.15) is 0 Å². The molecule has 0 bridgehead atoms. The zero-order chi connectivity index (χ0) is 10.7. The van der Waals surface area contributed by atoms with Gasteiger partial charge in [-0.1, -0.05) is 11.6 Å². The van der Waals surface area contributed by atoms with Crippen molar-refractivity contribution < 1.29 is 23.8 Å². The summed E-state index contributed by atoms with van der Waals surface area (Å²) in [7, 11) is -0.742. The molecule has 76 valence electrons. The Bertz CT molecular complexity index is 334. The zero-order valence-electron chi connectivity index (χ0n) is 7.20. The van der Waals surface area contributed by atoms with Gasteiger partial charge < -0.3 is 19.4 Å². The minimum Gasteiger partial charge on any atom is -0.509 e. The van der Waals surface area contributed by atoms with E-state index in [-0.39, 0.29) is 16.5 Å². The fourth-order valence-electron chi connectivity index (χ4n) is 0.871. The molecule has 0 aliphatic carbocycles. The summed E-state index contributed by atoms with van der Waals surface area (Å²) in [5, 5.41) is 17.0. The van der Waals surface area contributed by atoms with Crippen molar-refractivity contribution in [2.75, 3.05) is 7.11 Å². The molecule has 0 heterocycles. The van der Waals surface area contributed by atoms with Gasteiger partial charge in [-0.3, -0.25) is 0 Å². The van der Waals surface area contributed by atoms with Gasteiger partial charge in [-0.05, 0) is 6.07 Å². The zero-order valence-corrected chi connectivity index (χ0v) is 7.95. The number of rotatable bonds is 3. The standard InChI is InChI=1S/C7H7BClFO4/c1-13-6-3-7(14-8(11)12)5(10)2-4(6)9/h2-3,11-12H,1H3. The van der Waals surface area contributed by atoms with Crippen LogP contribution < -0.4 is 9.39 Å². The van der Waals surface area contributed by atoms with Crippen molar-refractivity contribution in [3.63, 3.8) is 0 Å². The predicted molar refractivity (Wildman–Crippen MR) is 48.8 cm³/mol. The Balaban J connectivity index is 3.04. The molecule has 2 N–H and O–H groups in total. The first-order valence-electron chi connectivity index (χ1n) is 3.60. The van der Waals surface area contributed by atoms with Crippen LogP contribution in [0.4, 0.5) is 4.39 Å². The van der Waals surface area contributed by atoms with Gasteiger partial charge in [-0.25, -0.2) is 4.39 Å². The molecule has 0 amide bonds. The van der Waals surface area contributed by atoms with E-state index in [1.165, 1.54) is 7.11 Å². The Kier molecular flexibility index (Phi) is 3.57. The maximum absolute atomic E-state index is 13.0. The highest BCUT2D eigenvalue weighted by Gasteiger charge is 2.17. The molecule has 14 heavy (non-hydrogen) atoms. The second-order valence-electron chi connectivity index (χ2n) is 2.36. The van der Waals surface area contributed by atoms with Gasteiger partial charge >= 0.3 is 7.32 Å². The van der Waals surface area contributed by atoms with E-state index in [1.807, 2.05) is 0 Å². The maximum atomic E-state index is 13.0. The van der Waals surface area contributed by atoms with E-state index in [9.17, 15) is 4.39 Å². The summed E-state index contributed by atoms with van der Waals surface area (Å²) >= 11 is 5.59. The topological polar surface area (TPSA) is 58.9 Å². The molecule has 0 aromatic heterocycles. The van der Waals surface area contributed by atoms with Crippen molar-refractivity contribution in [2.24, 2.45) is 0 Å². The molecule has 0 aliphatic rings. The summed E-state index contributed by atoms with van der Waals surface area (Å²) in [6.07, 6.45) is 0. The van der Waals surface area contributed by atoms with E-state index in [0.717, 1.165) is 12.1 Å². The Hall–Kier alpha value is -0.975. The van der Waals surface area contributed by atoms with Gasteiger partial charge in [0, 0.05) is 6.07 Å². The molecule has 0 aliphatic heterocycles. The van der Waals surface area contributed by atoms with E-state index >= 15 is 0 Å². The van der Waals surface area contributed by atoms with Crippen LogP contribution in [0.5, 0.6) is 11.5 Å². The summed E-state index contributed by atoms with van der Waals surface area (Å²) in [4.78, 5) is 0. The Morgan fingerprint density at radius 2 is 2.00 bits per heavy atom. The molecule has 0 spiro atoms. The number of benzene rings is 1. The fraction of sp³-hybridized carbons (Fsp3) is 0.143. The van der Waals surface area contributed by atoms with Gasteiger partial charge in [0.05, 0.1) is 12.1 Å². The largest absolute Gasteiger partial charge is 0.707 e. The van der Waals surface area contributed by atoms with Crippen molar-refractivity contribution in [2.45, 2.75) is 0 Å². The smallest absolute Gasteiger partial charge is 0.509 e. The quantitative estimate of drug-likeness (QED) is 0.741. The molecule has 4 nitrogen and oxygen atoms in total. The minimum absolute atomic E-state index is 0.0739. The van der Waals surface area contributed by atoms with Crippen molar-refractivity contribution in [3.05, 3.63) is 23.0 Å². The summed E-state index contributed by atoms with van der Waals surface area (Å²) in [6, 6.07) is 2.08. The molecular formula is C7H7BClFO4. The van der Waals surface area contributed by atoms with Gasteiger partial charge in [0.15, 0.2) is 5.82 Å². The number of ether oxygens (including phenoxy) is 1. The van der Waals surface area contributed by atoms with E-state index < -0.39 is 13.1 Å². The Morgan fingerprint density at radius 3 is 2.50 bits per heavy atom. The Morgan fingerprint density at radius 1 is 1.36 bits per heavy atom. The van der Waals surface area contributed by atoms with Crippen LogP contribution >= 0.6 is 11.6 Å². The van der Waals surface area contributed by atoms with E-state index in [0.29, 0.717) is 0 Å². The lowest BCUT2D eigenvalue weighted by Crippen LogP contribution is -2.21. The van der Waals surface area contributed by atoms with Crippen LogP contribution in [0.25, 0.3) is 0 Å².